The second-order valence-electron chi connectivity index (χ2n) is 5.68. The number of aromatic amines is 1. The lowest BCUT2D eigenvalue weighted by molar-refractivity contribution is -0.117. The summed E-state index contributed by atoms with van der Waals surface area (Å²) in [6.07, 6.45) is 5.62. The van der Waals surface area contributed by atoms with E-state index in [1.807, 2.05) is 30.3 Å². The minimum Gasteiger partial charge on any atom is -0.467 e. The van der Waals surface area contributed by atoms with E-state index in [0.29, 0.717) is 11.3 Å². The normalized spacial score (nSPS) is 11.2. The van der Waals surface area contributed by atoms with E-state index < -0.39 is 5.91 Å². The van der Waals surface area contributed by atoms with Crippen LogP contribution in [-0.2, 0) is 17.8 Å². The number of hydrogen-bond donors (Lipinski definition) is 2. The van der Waals surface area contributed by atoms with Crippen molar-refractivity contribution in [2.75, 3.05) is 0 Å². The summed E-state index contributed by atoms with van der Waals surface area (Å²) in [5, 5.41) is 19.0. The molecule has 1 aromatic carbocycles. The average Bonchev–Trinajstić information content (AvgIpc) is 3.36. The first kappa shape index (κ1) is 17.2. The quantitative estimate of drug-likeness (QED) is 0.528. The molecule has 0 spiro atoms. The van der Waals surface area contributed by atoms with Gasteiger partial charge in [0.2, 0.25) is 0 Å². The molecule has 0 unspecified atom stereocenters. The van der Waals surface area contributed by atoms with Gasteiger partial charge in [-0.1, -0.05) is 31.2 Å². The Bertz CT molecular complexity index is 945. The van der Waals surface area contributed by atoms with Gasteiger partial charge in [0.1, 0.15) is 17.4 Å². The minimum absolute atomic E-state index is 0.00406. The van der Waals surface area contributed by atoms with Crippen molar-refractivity contribution in [2.45, 2.75) is 19.9 Å². The second-order valence-corrected chi connectivity index (χ2v) is 5.68. The molecule has 0 atom stereocenters. The van der Waals surface area contributed by atoms with Crippen LogP contribution in [0.5, 0.6) is 0 Å². The van der Waals surface area contributed by atoms with Crippen LogP contribution in [0.3, 0.4) is 0 Å². The number of benzene rings is 1. The number of amides is 1. The molecule has 2 heterocycles. The highest BCUT2D eigenvalue weighted by molar-refractivity contribution is 6.02. The zero-order chi connectivity index (χ0) is 18.4. The van der Waals surface area contributed by atoms with E-state index in [-0.39, 0.29) is 12.1 Å². The van der Waals surface area contributed by atoms with Gasteiger partial charge >= 0.3 is 0 Å². The fourth-order valence-corrected chi connectivity index (χ4v) is 2.52. The summed E-state index contributed by atoms with van der Waals surface area (Å²) in [6.45, 7) is 2.32. The fraction of sp³-hybridized carbons (Fsp3) is 0.150. The Labute approximate surface area is 151 Å². The summed E-state index contributed by atoms with van der Waals surface area (Å²) in [7, 11) is 0. The van der Waals surface area contributed by atoms with E-state index in [4.69, 9.17) is 4.42 Å². The number of H-pyrrole nitrogens is 1. The molecule has 0 aliphatic carbocycles. The third kappa shape index (κ3) is 3.90. The van der Waals surface area contributed by atoms with Crippen LogP contribution >= 0.6 is 0 Å². The van der Waals surface area contributed by atoms with Crippen LogP contribution in [0.15, 0.2) is 58.8 Å². The molecular weight excluding hydrogens is 328 g/mol. The maximum Gasteiger partial charge on any atom is 0.262 e. The number of nitrogens with zero attached hydrogens (tertiary/aromatic N) is 2. The molecule has 1 amide bonds. The minimum atomic E-state index is -0.461. The molecule has 0 fully saturated rings. The van der Waals surface area contributed by atoms with Crippen molar-refractivity contribution in [3.05, 3.63) is 71.3 Å². The van der Waals surface area contributed by atoms with Gasteiger partial charge in [-0.2, -0.15) is 10.4 Å². The number of aryl methyl sites for hydroxylation is 1. The lowest BCUT2D eigenvalue weighted by atomic mass is 10.0. The standard InChI is InChI=1S/C20H18N4O2/c1-2-14-5-7-15(8-6-14)19-17(12-23-24-19)10-16(11-21)20(25)22-13-18-4-3-9-26-18/h3-10,12H,2,13H2,1H3,(H,22,25)(H,23,24)/b16-10+. The lowest BCUT2D eigenvalue weighted by Gasteiger charge is -2.04. The summed E-state index contributed by atoms with van der Waals surface area (Å²) in [5.74, 6) is 0.160. The maximum atomic E-state index is 12.3. The van der Waals surface area contributed by atoms with E-state index in [9.17, 15) is 10.1 Å². The molecule has 0 saturated carbocycles. The molecule has 26 heavy (non-hydrogen) atoms. The van der Waals surface area contributed by atoms with E-state index >= 15 is 0 Å². The number of nitriles is 1. The van der Waals surface area contributed by atoms with Crippen molar-refractivity contribution in [3.63, 3.8) is 0 Å². The Hall–Kier alpha value is -3.59. The van der Waals surface area contributed by atoms with Gasteiger partial charge in [0.15, 0.2) is 0 Å². The molecule has 0 bridgehead atoms. The molecule has 130 valence electrons. The average molecular weight is 346 g/mol. The predicted molar refractivity (Wildman–Crippen MR) is 97.5 cm³/mol. The van der Waals surface area contributed by atoms with Crippen LogP contribution in [0.25, 0.3) is 17.3 Å². The molecule has 3 aromatic rings. The van der Waals surface area contributed by atoms with Crippen LogP contribution in [0.4, 0.5) is 0 Å². The Morgan fingerprint density at radius 3 is 2.81 bits per heavy atom. The highest BCUT2D eigenvalue weighted by Gasteiger charge is 2.12. The van der Waals surface area contributed by atoms with Gasteiger partial charge in [0.25, 0.3) is 5.91 Å². The third-order valence-electron chi connectivity index (χ3n) is 3.99. The predicted octanol–water partition coefficient (Wildman–Crippen LogP) is 3.46. The van der Waals surface area contributed by atoms with Crippen LogP contribution in [0.2, 0.25) is 0 Å². The topological polar surface area (TPSA) is 94.7 Å². The molecule has 0 saturated heterocycles. The molecule has 2 N–H and O–H groups in total. The smallest absolute Gasteiger partial charge is 0.262 e. The SMILES string of the molecule is CCc1ccc(-c2[nH]ncc2/C=C(\C#N)C(=O)NCc2ccco2)cc1. The highest BCUT2D eigenvalue weighted by atomic mass is 16.3. The third-order valence-corrected chi connectivity index (χ3v) is 3.99. The molecular formula is C20H18N4O2. The van der Waals surface area contributed by atoms with E-state index in [1.54, 1.807) is 18.3 Å². The number of carbonyl (C=O) groups is 1. The van der Waals surface area contributed by atoms with E-state index in [2.05, 4.69) is 22.4 Å². The molecule has 0 aliphatic rings. The number of hydrogen-bond acceptors (Lipinski definition) is 4. The molecule has 2 aromatic heterocycles. The Balaban J connectivity index is 1.80. The van der Waals surface area contributed by atoms with Gasteiger partial charge in [-0.05, 0) is 30.2 Å². The van der Waals surface area contributed by atoms with Crippen molar-refractivity contribution < 1.29 is 9.21 Å². The van der Waals surface area contributed by atoms with Crippen LogP contribution in [0, 0.1) is 11.3 Å². The molecule has 3 rings (SSSR count). The van der Waals surface area contributed by atoms with Gasteiger partial charge in [0.05, 0.1) is 24.7 Å². The summed E-state index contributed by atoms with van der Waals surface area (Å²) < 4.78 is 5.17. The van der Waals surface area contributed by atoms with Crippen molar-refractivity contribution in [3.8, 4) is 17.3 Å². The van der Waals surface area contributed by atoms with Crippen molar-refractivity contribution in [1.29, 1.82) is 5.26 Å². The van der Waals surface area contributed by atoms with Crippen molar-refractivity contribution >= 4 is 12.0 Å². The molecule has 6 heteroatoms. The summed E-state index contributed by atoms with van der Waals surface area (Å²) >= 11 is 0. The lowest BCUT2D eigenvalue weighted by Crippen LogP contribution is -2.23. The van der Waals surface area contributed by atoms with Crippen LogP contribution in [0.1, 0.15) is 23.8 Å². The van der Waals surface area contributed by atoms with Gasteiger partial charge in [-0.3, -0.25) is 9.89 Å². The zero-order valence-electron chi connectivity index (χ0n) is 14.3. The Kier molecular flexibility index (Phi) is 5.30. The largest absolute Gasteiger partial charge is 0.467 e. The number of furan rings is 1. The monoisotopic (exact) mass is 346 g/mol. The first-order valence-corrected chi connectivity index (χ1v) is 8.26. The summed E-state index contributed by atoms with van der Waals surface area (Å²) in [4.78, 5) is 12.3. The van der Waals surface area contributed by atoms with Gasteiger partial charge in [-0.25, -0.2) is 0 Å². The number of nitrogens with one attached hydrogen (secondary N) is 2. The van der Waals surface area contributed by atoms with Gasteiger partial charge in [0, 0.05) is 11.1 Å². The van der Waals surface area contributed by atoms with Crippen LogP contribution in [-0.4, -0.2) is 16.1 Å². The highest BCUT2D eigenvalue weighted by Crippen LogP contribution is 2.23. The van der Waals surface area contributed by atoms with Crippen molar-refractivity contribution in [1.82, 2.24) is 15.5 Å². The van der Waals surface area contributed by atoms with Gasteiger partial charge < -0.3 is 9.73 Å². The molecule has 0 aliphatic heterocycles. The van der Waals surface area contributed by atoms with Crippen LogP contribution < -0.4 is 5.32 Å². The van der Waals surface area contributed by atoms with E-state index in [0.717, 1.165) is 17.7 Å². The zero-order valence-corrected chi connectivity index (χ0v) is 14.3. The number of aromatic nitrogens is 2. The summed E-state index contributed by atoms with van der Waals surface area (Å²) in [5.41, 5.74) is 3.63. The number of carbonyl (C=O) groups excluding carboxylic acids is 1. The second kappa shape index (κ2) is 7.99. The van der Waals surface area contributed by atoms with Crippen molar-refractivity contribution in [2.24, 2.45) is 0 Å². The first-order valence-electron chi connectivity index (χ1n) is 8.26. The fourth-order valence-electron chi connectivity index (χ4n) is 2.52. The summed E-state index contributed by atoms with van der Waals surface area (Å²) in [6, 6.07) is 13.5. The molecule has 0 radical (unpaired) electrons. The Morgan fingerprint density at radius 1 is 1.35 bits per heavy atom. The molecule has 6 nitrogen and oxygen atoms in total. The number of rotatable bonds is 6. The van der Waals surface area contributed by atoms with Gasteiger partial charge in [-0.15, -0.1) is 0 Å². The maximum absolute atomic E-state index is 12.3. The first-order chi connectivity index (χ1) is 12.7. The Morgan fingerprint density at radius 2 is 2.15 bits per heavy atom. The van der Waals surface area contributed by atoms with E-state index in [1.165, 1.54) is 17.9 Å².